The van der Waals surface area contributed by atoms with Gasteiger partial charge < -0.3 is 14.9 Å². The minimum absolute atomic E-state index is 0.0336. The molecule has 1 unspecified atom stereocenters. The summed E-state index contributed by atoms with van der Waals surface area (Å²) in [6.45, 7) is 2.14. The van der Waals surface area contributed by atoms with E-state index >= 15 is 0 Å². The normalized spacial score (nSPS) is 12.5. The van der Waals surface area contributed by atoms with E-state index in [1.54, 1.807) is 12.1 Å². The molecule has 84 valence electrons. The number of halogens is 1. The maximum Gasteiger partial charge on any atom is 0.119 e. The summed E-state index contributed by atoms with van der Waals surface area (Å²) in [7, 11) is 0. The van der Waals surface area contributed by atoms with Crippen molar-refractivity contribution >= 4 is 15.9 Å². The maximum atomic E-state index is 9.32. The molecule has 0 aliphatic rings. The molecule has 0 radical (unpaired) electrons. The molecule has 1 atom stereocenters. The topological polar surface area (TPSA) is 49.7 Å². The Hall–Kier alpha value is -0.580. The van der Waals surface area contributed by atoms with E-state index in [0.717, 1.165) is 10.0 Å². The fourth-order valence-electron chi connectivity index (χ4n) is 1.07. The first kappa shape index (κ1) is 12.5. The van der Waals surface area contributed by atoms with Crippen LogP contribution in [0.15, 0.2) is 22.7 Å². The molecule has 0 aliphatic heterocycles. The van der Waals surface area contributed by atoms with E-state index in [2.05, 4.69) is 15.9 Å². The molecule has 0 saturated heterocycles. The monoisotopic (exact) mass is 274 g/mol. The van der Waals surface area contributed by atoms with Crippen LogP contribution in [0.3, 0.4) is 0 Å². The van der Waals surface area contributed by atoms with Crippen molar-refractivity contribution in [2.45, 2.75) is 26.1 Å². The van der Waals surface area contributed by atoms with Crippen molar-refractivity contribution in [2.24, 2.45) is 0 Å². The first-order valence-corrected chi connectivity index (χ1v) is 5.66. The van der Waals surface area contributed by atoms with E-state index in [0.29, 0.717) is 12.2 Å². The fraction of sp³-hybridized carbons (Fsp3) is 0.455. The molecular weight excluding hydrogens is 260 g/mol. The molecule has 2 N–H and O–H groups in total. The molecule has 15 heavy (non-hydrogen) atoms. The molecule has 0 fully saturated rings. The Labute approximate surface area is 97.8 Å². The zero-order chi connectivity index (χ0) is 11.3. The van der Waals surface area contributed by atoms with Gasteiger partial charge in [-0.25, -0.2) is 0 Å². The third kappa shape index (κ3) is 3.81. The highest BCUT2D eigenvalue weighted by Crippen LogP contribution is 2.22. The lowest BCUT2D eigenvalue weighted by atomic mass is 10.2. The lowest BCUT2D eigenvalue weighted by molar-refractivity contribution is 0.104. The second-order valence-electron chi connectivity index (χ2n) is 3.28. The summed E-state index contributed by atoms with van der Waals surface area (Å²) < 4.78 is 6.23. The van der Waals surface area contributed by atoms with Crippen LogP contribution in [0.25, 0.3) is 0 Å². The van der Waals surface area contributed by atoms with Crippen molar-refractivity contribution in [1.82, 2.24) is 0 Å². The lowest BCUT2D eigenvalue weighted by Crippen LogP contribution is -2.16. The smallest absolute Gasteiger partial charge is 0.119 e. The summed E-state index contributed by atoms with van der Waals surface area (Å²) >= 11 is 3.32. The number of ether oxygens (including phenoxy) is 1. The Morgan fingerprint density at radius 2 is 2.20 bits per heavy atom. The molecule has 0 spiro atoms. The van der Waals surface area contributed by atoms with Crippen LogP contribution >= 0.6 is 15.9 Å². The van der Waals surface area contributed by atoms with Gasteiger partial charge in [0.15, 0.2) is 0 Å². The number of hydrogen-bond donors (Lipinski definition) is 2. The molecule has 1 rings (SSSR count). The quantitative estimate of drug-likeness (QED) is 0.865. The van der Waals surface area contributed by atoms with Crippen molar-refractivity contribution in [1.29, 1.82) is 0 Å². The minimum atomic E-state index is -0.439. The van der Waals surface area contributed by atoms with Gasteiger partial charge >= 0.3 is 0 Å². The van der Waals surface area contributed by atoms with Crippen LogP contribution in [0.5, 0.6) is 5.75 Å². The number of rotatable bonds is 5. The van der Waals surface area contributed by atoms with Gasteiger partial charge in [0.25, 0.3) is 0 Å². The Balaban J connectivity index is 2.62. The molecule has 3 nitrogen and oxygen atoms in total. The second-order valence-corrected chi connectivity index (χ2v) is 4.14. The molecule has 0 heterocycles. The van der Waals surface area contributed by atoms with E-state index < -0.39 is 6.10 Å². The first-order chi connectivity index (χ1) is 7.17. The summed E-state index contributed by atoms with van der Waals surface area (Å²) in [5.74, 6) is 0.662. The van der Waals surface area contributed by atoms with Crippen LogP contribution in [0.2, 0.25) is 0 Å². The Kier molecular flexibility index (Phi) is 5.08. The van der Waals surface area contributed by atoms with Crippen molar-refractivity contribution in [3.63, 3.8) is 0 Å². The van der Waals surface area contributed by atoms with E-state index in [1.807, 2.05) is 13.0 Å². The lowest BCUT2D eigenvalue weighted by Gasteiger charge is -2.11. The average Bonchev–Trinajstić information content (AvgIpc) is 2.27. The fourth-order valence-corrected chi connectivity index (χ4v) is 1.44. The number of benzene rings is 1. The predicted molar refractivity (Wildman–Crippen MR) is 61.9 cm³/mol. The first-order valence-electron chi connectivity index (χ1n) is 4.87. The third-order valence-corrected chi connectivity index (χ3v) is 2.87. The van der Waals surface area contributed by atoms with Gasteiger partial charge in [-0.05, 0) is 30.2 Å². The van der Waals surface area contributed by atoms with Crippen molar-refractivity contribution in [2.75, 3.05) is 6.61 Å². The van der Waals surface area contributed by atoms with Crippen LogP contribution in [0.1, 0.15) is 18.9 Å². The van der Waals surface area contributed by atoms with Crippen LogP contribution in [-0.2, 0) is 6.61 Å². The van der Waals surface area contributed by atoms with Crippen molar-refractivity contribution in [3.05, 3.63) is 28.2 Å². The third-order valence-electron chi connectivity index (χ3n) is 2.10. The molecule has 1 aromatic rings. The maximum absolute atomic E-state index is 9.32. The molecule has 0 aromatic heterocycles. The standard InChI is InChI=1S/C11H15BrO3/c1-2-9(14)7-15-10-3-4-11(12)8(5-10)6-13/h3-5,9,13-14H,2,6-7H2,1H3. The zero-order valence-electron chi connectivity index (χ0n) is 8.61. The zero-order valence-corrected chi connectivity index (χ0v) is 10.2. The Morgan fingerprint density at radius 1 is 1.47 bits per heavy atom. The highest BCUT2D eigenvalue weighted by molar-refractivity contribution is 9.10. The van der Waals surface area contributed by atoms with Crippen LogP contribution in [0, 0.1) is 0 Å². The molecular formula is C11H15BrO3. The summed E-state index contributed by atoms with van der Waals surface area (Å²) in [6.07, 6.45) is 0.231. The minimum Gasteiger partial charge on any atom is -0.491 e. The summed E-state index contributed by atoms with van der Waals surface area (Å²) in [6, 6.07) is 5.37. The SMILES string of the molecule is CCC(O)COc1ccc(Br)c(CO)c1. The van der Waals surface area contributed by atoms with Gasteiger partial charge in [0.1, 0.15) is 12.4 Å². The van der Waals surface area contributed by atoms with E-state index in [9.17, 15) is 5.11 Å². The van der Waals surface area contributed by atoms with Gasteiger partial charge in [0.05, 0.1) is 12.7 Å². The number of hydrogen-bond acceptors (Lipinski definition) is 3. The van der Waals surface area contributed by atoms with Gasteiger partial charge in [-0.2, -0.15) is 0 Å². The molecule has 1 aromatic carbocycles. The number of aliphatic hydroxyl groups excluding tert-OH is 2. The van der Waals surface area contributed by atoms with Crippen LogP contribution in [-0.4, -0.2) is 22.9 Å². The van der Waals surface area contributed by atoms with E-state index in [-0.39, 0.29) is 13.2 Å². The van der Waals surface area contributed by atoms with E-state index in [1.165, 1.54) is 0 Å². The summed E-state index contributed by atoms with van der Waals surface area (Å²) in [5.41, 5.74) is 0.776. The Morgan fingerprint density at radius 3 is 2.80 bits per heavy atom. The summed E-state index contributed by atoms with van der Waals surface area (Å²) in [4.78, 5) is 0. The van der Waals surface area contributed by atoms with Gasteiger partial charge in [0, 0.05) is 4.47 Å². The van der Waals surface area contributed by atoms with Crippen molar-refractivity contribution in [3.8, 4) is 5.75 Å². The largest absolute Gasteiger partial charge is 0.491 e. The van der Waals surface area contributed by atoms with Crippen molar-refractivity contribution < 1.29 is 14.9 Å². The molecule has 0 amide bonds. The molecule has 4 heteroatoms. The second kappa shape index (κ2) is 6.10. The van der Waals surface area contributed by atoms with E-state index in [4.69, 9.17) is 9.84 Å². The van der Waals surface area contributed by atoms with Gasteiger partial charge in [0.2, 0.25) is 0 Å². The van der Waals surface area contributed by atoms with Crippen LogP contribution < -0.4 is 4.74 Å². The molecule has 0 bridgehead atoms. The van der Waals surface area contributed by atoms with Gasteiger partial charge in [-0.15, -0.1) is 0 Å². The predicted octanol–water partition coefficient (Wildman–Crippen LogP) is 2.09. The molecule has 0 aliphatic carbocycles. The van der Waals surface area contributed by atoms with Gasteiger partial charge in [-0.1, -0.05) is 22.9 Å². The highest BCUT2D eigenvalue weighted by atomic mass is 79.9. The molecule has 0 saturated carbocycles. The summed E-state index contributed by atoms with van der Waals surface area (Å²) in [5, 5.41) is 18.3. The Bertz CT molecular complexity index is 315. The van der Waals surface area contributed by atoms with Crippen LogP contribution in [0.4, 0.5) is 0 Å². The van der Waals surface area contributed by atoms with Gasteiger partial charge in [-0.3, -0.25) is 0 Å². The highest BCUT2D eigenvalue weighted by Gasteiger charge is 2.04. The average molecular weight is 275 g/mol. The number of aliphatic hydroxyl groups is 2.